The van der Waals surface area contributed by atoms with Crippen molar-refractivity contribution in [1.82, 2.24) is 14.5 Å². The number of hydrogen-bond donors (Lipinski definition) is 1. The number of aromatic hydroxyl groups is 1. The van der Waals surface area contributed by atoms with E-state index in [4.69, 9.17) is 11.6 Å². The molecule has 0 unspecified atom stereocenters. The van der Waals surface area contributed by atoms with Gasteiger partial charge < -0.3 is 9.67 Å². The van der Waals surface area contributed by atoms with Crippen molar-refractivity contribution < 1.29 is 9.90 Å². The van der Waals surface area contributed by atoms with Crippen LogP contribution >= 0.6 is 11.6 Å². The zero-order valence-corrected chi connectivity index (χ0v) is 18.4. The third-order valence-electron chi connectivity index (χ3n) is 5.51. The fourth-order valence-corrected chi connectivity index (χ4v) is 4.17. The van der Waals surface area contributed by atoms with Crippen LogP contribution in [0.15, 0.2) is 91.5 Å². The summed E-state index contributed by atoms with van der Waals surface area (Å²) in [5, 5.41) is 11.3. The van der Waals surface area contributed by atoms with Crippen LogP contribution in [-0.4, -0.2) is 25.4 Å². The Morgan fingerprint density at radius 3 is 2.55 bits per heavy atom. The maximum Gasteiger partial charge on any atom is 0.211 e. The van der Waals surface area contributed by atoms with E-state index in [1.165, 1.54) is 11.6 Å². The quantitative estimate of drug-likeness (QED) is 0.337. The summed E-state index contributed by atoms with van der Waals surface area (Å²) in [5.41, 5.74) is 4.31. The summed E-state index contributed by atoms with van der Waals surface area (Å²) in [4.78, 5) is 22.0. The standard InChI is InChI=1S/C27H20ClN3O2/c28-23-7-9-25(32)26-22(23)6-8-24(30-26)27(33)21-14-19(12-18-4-2-1-3-5-18)13-20(15-21)16-31-11-10-29-17-31/h1-11,13-15,17,32H,12,16H2. The number of benzene rings is 3. The Morgan fingerprint density at radius 1 is 0.939 bits per heavy atom. The number of aromatic nitrogens is 3. The molecule has 0 aliphatic carbocycles. The molecule has 0 fully saturated rings. The number of nitrogens with zero attached hydrogens (tertiary/aromatic N) is 3. The second-order valence-corrected chi connectivity index (χ2v) is 8.33. The molecule has 5 aromatic rings. The van der Waals surface area contributed by atoms with Gasteiger partial charge >= 0.3 is 0 Å². The molecule has 1 N–H and O–H groups in total. The highest BCUT2D eigenvalue weighted by Gasteiger charge is 2.16. The van der Waals surface area contributed by atoms with Gasteiger partial charge in [0.1, 0.15) is 17.0 Å². The molecule has 0 radical (unpaired) electrons. The van der Waals surface area contributed by atoms with Gasteiger partial charge in [0.2, 0.25) is 5.78 Å². The maximum atomic E-state index is 13.4. The van der Waals surface area contributed by atoms with Crippen molar-refractivity contribution in [2.24, 2.45) is 0 Å². The number of imidazole rings is 1. The molecule has 0 bridgehead atoms. The molecule has 5 nitrogen and oxygen atoms in total. The highest BCUT2D eigenvalue weighted by atomic mass is 35.5. The first kappa shape index (κ1) is 20.9. The van der Waals surface area contributed by atoms with Crippen molar-refractivity contribution in [3.63, 3.8) is 0 Å². The minimum Gasteiger partial charge on any atom is -0.506 e. The lowest BCUT2D eigenvalue weighted by Gasteiger charge is -2.11. The van der Waals surface area contributed by atoms with Gasteiger partial charge in [0.15, 0.2) is 0 Å². The van der Waals surface area contributed by atoms with Gasteiger partial charge in [0.05, 0.1) is 11.3 Å². The van der Waals surface area contributed by atoms with E-state index in [1.54, 1.807) is 30.7 Å². The Labute approximate surface area is 195 Å². The van der Waals surface area contributed by atoms with Crippen LogP contribution in [0.5, 0.6) is 5.75 Å². The van der Waals surface area contributed by atoms with Gasteiger partial charge in [0.25, 0.3) is 0 Å². The van der Waals surface area contributed by atoms with Crippen LogP contribution < -0.4 is 0 Å². The van der Waals surface area contributed by atoms with Crippen LogP contribution in [0, 0.1) is 0 Å². The van der Waals surface area contributed by atoms with Crippen molar-refractivity contribution in [2.75, 3.05) is 0 Å². The number of pyridine rings is 1. The summed E-state index contributed by atoms with van der Waals surface area (Å²) >= 11 is 6.22. The lowest BCUT2D eigenvalue weighted by molar-refractivity contribution is 0.103. The lowest BCUT2D eigenvalue weighted by Crippen LogP contribution is -2.07. The minimum atomic E-state index is -0.210. The number of fused-ring (bicyclic) bond motifs is 1. The number of rotatable bonds is 6. The first-order valence-corrected chi connectivity index (χ1v) is 10.9. The number of halogens is 1. The number of carbonyl (C=O) groups excluding carboxylic acids is 1. The Kier molecular flexibility index (Phi) is 5.63. The van der Waals surface area contributed by atoms with E-state index < -0.39 is 0 Å². The number of hydrogen-bond acceptors (Lipinski definition) is 4. The van der Waals surface area contributed by atoms with Crippen molar-refractivity contribution in [3.05, 3.63) is 124 Å². The summed E-state index contributed by atoms with van der Waals surface area (Å²) in [5.74, 6) is -0.222. The molecule has 0 aliphatic rings. The molecule has 3 aromatic carbocycles. The third-order valence-corrected chi connectivity index (χ3v) is 5.84. The molecule has 162 valence electrons. The molecule has 0 aliphatic heterocycles. The predicted octanol–water partition coefficient (Wildman–Crippen LogP) is 5.66. The van der Waals surface area contributed by atoms with Gasteiger partial charge in [-0.2, -0.15) is 0 Å². The Morgan fingerprint density at radius 2 is 1.76 bits per heavy atom. The van der Waals surface area contributed by atoms with E-state index in [2.05, 4.69) is 28.2 Å². The smallest absolute Gasteiger partial charge is 0.211 e. The van der Waals surface area contributed by atoms with Gasteiger partial charge in [0, 0.05) is 29.9 Å². The van der Waals surface area contributed by atoms with E-state index in [-0.39, 0.29) is 17.2 Å². The van der Waals surface area contributed by atoms with E-state index in [0.717, 1.165) is 11.1 Å². The second-order valence-electron chi connectivity index (χ2n) is 7.92. The van der Waals surface area contributed by atoms with E-state index in [1.807, 2.05) is 41.1 Å². The SMILES string of the molecule is O=C(c1cc(Cc2ccccc2)cc(Cn2ccnc2)c1)c1ccc2c(Cl)ccc(O)c2n1. The fraction of sp³-hybridized carbons (Fsp3) is 0.0741. The number of ketones is 1. The molecule has 2 aromatic heterocycles. The summed E-state index contributed by atoms with van der Waals surface area (Å²) in [6, 6.07) is 22.5. The zero-order valence-electron chi connectivity index (χ0n) is 17.6. The van der Waals surface area contributed by atoms with Crippen LogP contribution in [0.25, 0.3) is 10.9 Å². The van der Waals surface area contributed by atoms with Gasteiger partial charge in [-0.1, -0.05) is 48.0 Å². The molecule has 5 rings (SSSR count). The molecule has 0 atom stereocenters. The molecule has 0 spiro atoms. The molecule has 0 amide bonds. The summed E-state index contributed by atoms with van der Waals surface area (Å²) in [6.07, 6.45) is 6.09. The van der Waals surface area contributed by atoms with Crippen LogP contribution in [0.1, 0.15) is 32.7 Å². The Balaban J connectivity index is 1.55. The predicted molar refractivity (Wildman–Crippen MR) is 129 cm³/mol. The number of phenols is 1. The highest BCUT2D eigenvalue weighted by molar-refractivity contribution is 6.35. The summed E-state index contributed by atoms with van der Waals surface area (Å²) < 4.78 is 1.96. The summed E-state index contributed by atoms with van der Waals surface area (Å²) in [6.45, 7) is 0.602. The van der Waals surface area contributed by atoms with Gasteiger partial charge in [-0.3, -0.25) is 4.79 Å². The first-order valence-electron chi connectivity index (χ1n) is 10.5. The highest BCUT2D eigenvalue weighted by Crippen LogP contribution is 2.30. The first-order chi connectivity index (χ1) is 16.1. The molecule has 2 heterocycles. The fourth-order valence-electron chi connectivity index (χ4n) is 3.95. The Bertz CT molecular complexity index is 1450. The van der Waals surface area contributed by atoms with Gasteiger partial charge in [-0.15, -0.1) is 0 Å². The average molecular weight is 454 g/mol. The van der Waals surface area contributed by atoms with Crippen molar-refractivity contribution in [2.45, 2.75) is 13.0 Å². The molecule has 6 heteroatoms. The van der Waals surface area contributed by atoms with Crippen LogP contribution in [0.4, 0.5) is 0 Å². The molecular weight excluding hydrogens is 434 g/mol. The van der Waals surface area contributed by atoms with Crippen molar-refractivity contribution in [3.8, 4) is 5.75 Å². The van der Waals surface area contributed by atoms with Crippen LogP contribution in [0.2, 0.25) is 5.02 Å². The molecular formula is C27H20ClN3O2. The normalized spacial score (nSPS) is 11.1. The van der Waals surface area contributed by atoms with Crippen LogP contribution in [0.3, 0.4) is 0 Å². The summed E-state index contributed by atoms with van der Waals surface area (Å²) in [7, 11) is 0. The topological polar surface area (TPSA) is 68.0 Å². The van der Waals surface area contributed by atoms with Crippen LogP contribution in [-0.2, 0) is 13.0 Å². The van der Waals surface area contributed by atoms with Crippen molar-refractivity contribution in [1.29, 1.82) is 0 Å². The van der Waals surface area contributed by atoms with Crippen molar-refractivity contribution >= 4 is 28.3 Å². The number of carbonyl (C=O) groups is 1. The molecule has 33 heavy (non-hydrogen) atoms. The number of phenolic OH excluding ortho intramolecular Hbond substituents is 1. The molecule has 0 saturated carbocycles. The lowest BCUT2D eigenvalue weighted by atomic mass is 9.96. The largest absolute Gasteiger partial charge is 0.506 e. The van der Waals surface area contributed by atoms with E-state index >= 15 is 0 Å². The maximum absolute atomic E-state index is 13.4. The van der Waals surface area contributed by atoms with Gasteiger partial charge in [-0.25, -0.2) is 9.97 Å². The van der Waals surface area contributed by atoms with Gasteiger partial charge in [-0.05, 0) is 59.5 Å². The third kappa shape index (κ3) is 4.49. The average Bonchev–Trinajstić information content (AvgIpc) is 3.34. The Hall–Kier alpha value is -3.96. The minimum absolute atomic E-state index is 0.0114. The van der Waals surface area contributed by atoms with E-state index in [9.17, 15) is 9.90 Å². The monoisotopic (exact) mass is 453 g/mol. The van der Waals surface area contributed by atoms with E-state index in [0.29, 0.717) is 34.5 Å². The zero-order chi connectivity index (χ0) is 22.8. The molecule has 0 saturated heterocycles. The second kappa shape index (κ2) is 8.88.